The van der Waals surface area contributed by atoms with E-state index in [0.717, 1.165) is 30.1 Å². The Hall–Kier alpha value is -1.35. The van der Waals surface area contributed by atoms with E-state index in [9.17, 15) is 0 Å². The van der Waals surface area contributed by atoms with E-state index < -0.39 is 0 Å². The minimum Gasteiger partial charge on any atom is -0.359 e. The van der Waals surface area contributed by atoms with Gasteiger partial charge in [-0.3, -0.25) is 0 Å². The highest BCUT2D eigenvalue weighted by Crippen LogP contribution is 2.05. The Morgan fingerprint density at radius 1 is 1.33 bits per heavy atom. The average molecular weight is 251 g/mol. The summed E-state index contributed by atoms with van der Waals surface area (Å²) in [4.78, 5) is 6.29. The van der Waals surface area contributed by atoms with Crippen molar-refractivity contribution in [3.05, 3.63) is 36.2 Å². The van der Waals surface area contributed by atoms with Crippen LogP contribution < -0.4 is 5.32 Å². The Balaban J connectivity index is 0. The lowest BCUT2D eigenvalue weighted by atomic mass is 10.1. The number of nitrogens with zero attached hydrogens (tertiary/aromatic N) is 2. The largest absolute Gasteiger partial charge is 0.359 e. The molecule has 3 nitrogen and oxygen atoms in total. The van der Waals surface area contributed by atoms with Crippen LogP contribution in [0.3, 0.4) is 0 Å². The number of likely N-dealkylation sites (N-methyl/N-ethyl adjacent to an activating group) is 2. The van der Waals surface area contributed by atoms with Crippen molar-refractivity contribution in [1.29, 1.82) is 0 Å². The fraction of sp³-hybridized carbons (Fsp3) is 0.533. The maximum atomic E-state index is 4.28. The van der Waals surface area contributed by atoms with Crippen molar-refractivity contribution in [2.75, 3.05) is 27.2 Å². The Morgan fingerprint density at radius 3 is 2.33 bits per heavy atom. The number of nitrogens with one attached hydrogen (secondary N) is 1. The van der Waals surface area contributed by atoms with Gasteiger partial charge < -0.3 is 10.2 Å². The molecule has 0 amide bonds. The lowest BCUT2D eigenvalue weighted by Crippen LogP contribution is -2.26. The first kappa shape index (κ1) is 19.0. The summed E-state index contributed by atoms with van der Waals surface area (Å²) in [5.74, 6) is 0.750. The smallest absolute Gasteiger partial charge is 0.120 e. The molecule has 0 aromatic carbocycles. The van der Waals surface area contributed by atoms with Crippen LogP contribution in [0, 0.1) is 0 Å². The maximum Gasteiger partial charge on any atom is 0.120 e. The molecule has 0 aromatic rings. The van der Waals surface area contributed by atoms with Crippen molar-refractivity contribution >= 4 is 6.21 Å². The van der Waals surface area contributed by atoms with E-state index in [0.29, 0.717) is 0 Å². The van der Waals surface area contributed by atoms with Crippen LogP contribution in [0.1, 0.15) is 27.7 Å². The highest BCUT2D eigenvalue weighted by atomic mass is 15.2. The van der Waals surface area contributed by atoms with Gasteiger partial charge in [0, 0.05) is 26.4 Å². The Bertz CT molecular complexity index is 301. The summed E-state index contributed by atoms with van der Waals surface area (Å²) >= 11 is 0. The molecular formula is C15H29N3. The van der Waals surface area contributed by atoms with Gasteiger partial charge in [0.25, 0.3) is 0 Å². The predicted octanol–water partition coefficient (Wildman–Crippen LogP) is 3.23. The molecule has 3 heteroatoms. The first-order valence-electron chi connectivity index (χ1n) is 6.43. The van der Waals surface area contributed by atoms with Gasteiger partial charge >= 0.3 is 0 Å². The highest BCUT2D eigenvalue weighted by molar-refractivity contribution is 5.83. The SMILES string of the molecule is C=C(/C=N\C(=C)N(C)CCNC)/C(C)=C/C.CC. The van der Waals surface area contributed by atoms with Crippen molar-refractivity contribution in [2.24, 2.45) is 4.99 Å². The molecule has 104 valence electrons. The molecule has 0 rings (SSSR count). The second kappa shape index (κ2) is 12.1. The van der Waals surface area contributed by atoms with Crippen molar-refractivity contribution < 1.29 is 0 Å². The Labute approximate surface area is 113 Å². The van der Waals surface area contributed by atoms with Crippen molar-refractivity contribution in [3.63, 3.8) is 0 Å². The van der Waals surface area contributed by atoms with Crippen LogP contribution in [-0.2, 0) is 0 Å². The first-order valence-corrected chi connectivity index (χ1v) is 6.43. The summed E-state index contributed by atoms with van der Waals surface area (Å²) in [6.45, 7) is 17.6. The van der Waals surface area contributed by atoms with E-state index >= 15 is 0 Å². The zero-order valence-electron chi connectivity index (χ0n) is 12.9. The summed E-state index contributed by atoms with van der Waals surface area (Å²) < 4.78 is 0. The van der Waals surface area contributed by atoms with Gasteiger partial charge in [0.15, 0.2) is 0 Å². The minimum absolute atomic E-state index is 0.750. The monoisotopic (exact) mass is 251 g/mol. The number of hydrogen-bond acceptors (Lipinski definition) is 3. The lowest BCUT2D eigenvalue weighted by Gasteiger charge is -2.17. The molecule has 0 radical (unpaired) electrons. The molecule has 0 saturated heterocycles. The van der Waals surface area contributed by atoms with E-state index in [2.05, 4.69) is 23.5 Å². The molecule has 0 aromatic heterocycles. The van der Waals surface area contributed by atoms with Crippen molar-refractivity contribution in [2.45, 2.75) is 27.7 Å². The maximum absolute atomic E-state index is 4.28. The molecular weight excluding hydrogens is 222 g/mol. The fourth-order valence-electron chi connectivity index (χ4n) is 0.947. The minimum atomic E-state index is 0.750. The molecule has 0 aliphatic heterocycles. The first-order chi connectivity index (χ1) is 8.52. The number of allylic oxidation sites excluding steroid dienone is 3. The van der Waals surface area contributed by atoms with E-state index in [4.69, 9.17) is 0 Å². The third-order valence-electron chi connectivity index (χ3n) is 2.45. The van der Waals surface area contributed by atoms with Crippen LogP contribution in [0.4, 0.5) is 0 Å². The fourth-order valence-corrected chi connectivity index (χ4v) is 0.947. The number of hydrogen-bond donors (Lipinski definition) is 1. The summed E-state index contributed by atoms with van der Waals surface area (Å²) in [5.41, 5.74) is 2.06. The van der Waals surface area contributed by atoms with E-state index in [-0.39, 0.29) is 0 Å². The van der Waals surface area contributed by atoms with Crippen molar-refractivity contribution in [1.82, 2.24) is 10.2 Å². The van der Waals surface area contributed by atoms with Crippen molar-refractivity contribution in [3.8, 4) is 0 Å². The highest BCUT2D eigenvalue weighted by Gasteiger charge is 1.98. The van der Waals surface area contributed by atoms with Gasteiger partial charge in [-0.25, -0.2) is 4.99 Å². The molecule has 0 saturated carbocycles. The van der Waals surface area contributed by atoms with Gasteiger partial charge in [-0.05, 0) is 32.0 Å². The molecule has 0 atom stereocenters. The second-order valence-electron chi connectivity index (χ2n) is 3.70. The van der Waals surface area contributed by atoms with E-state index in [1.54, 1.807) is 6.21 Å². The van der Waals surface area contributed by atoms with Crippen LogP contribution >= 0.6 is 0 Å². The van der Waals surface area contributed by atoms with Gasteiger partial charge in [-0.1, -0.05) is 33.1 Å². The van der Waals surface area contributed by atoms with Gasteiger partial charge in [-0.2, -0.15) is 0 Å². The van der Waals surface area contributed by atoms with Gasteiger partial charge in [0.1, 0.15) is 5.82 Å². The number of rotatable bonds is 7. The van der Waals surface area contributed by atoms with Crippen LogP contribution in [0.2, 0.25) is 0 Å². The summed E-state index contributed by atoms with van der Waals surface area (Å²) in [7, 11) is 3.90. The number of aliphatic imine (C=N–C) groups is 1. The molecule has 0 fully saturated rings. The molecule has 1 N–H and O–H groups in total. The second-order valence-corrected chi connectivity index (χ2v) is 3.70. The third-order valence-corrected chi connectivity index (χ3v) is 2.45. The van der Waals surface area contributed by atoms with E-state index in [1.807, 2.05) is 52.8 Å². The Morgan fingerprint density at radius 2 is 1.89 bits per heavy atom. The molecule has 0 bridgehead atoms. The molecule has 0 unspecified atom stereocenters. The molecule has 0 heterocycles. The summed E-state index contributed by atoms with van der Waals surface area (Å²) in [5, 5.41) is 3.08. The van der Waals surface area contributed by atoms with Gasteiger partial charge in [-0.15, -0.1) is 0 Å². The Kier molecular flexibility index (Phi) is 12.8. The van der Waals surface area contributed by atoms with Crippen LogP contribution in [0.25, 0.3) is 0 Å². The molecule has 0 aliphatic rings. The third kappa shape index (κ3) is 8.76. The normalized spacial score (nSPS) is 10.9. The summed E-state index contributed by atoms with van der Waals surface area (Å²) in [6.07, 6.45) is 3.77. The van der Waals surface area contributed by atoms with Gasteiger partial charge in [0.05, 0.1) is 0 Å². The molecule has 0 spiro atoms. The van der Waals surface area contributed by atoms with Crippen LogP contribution in [-0.4, -0.2) is 38.3 Å². The van der Waals surface area contributed by atoms with Crippen LogP contribution in [0.5, 0.6) is 0 Å². The zero-order valence-corrected chi connectivity index (χ0v) is 12.9. The van der Waals surface area contributed by atoms with Crippen LogP contribution in [0.15, 0.2) is 41.2 Å². The standard InChI is InChI=1S/C13H23N3.C2H6/c1-7-11(2)12(3)10-15-13(4)16(6)9-8-14-5;1-2/h7,10,14H,3-4,8-9H2,1-2,5-6H3;1-2H3/b11-7+,15-10-;. The predicted molar refractivity (Wildman–Crippen MR) is 84.1 cm³/mol. The lowest BCUT2D eigenvalue weighted by molar-refractivity contribution is 0.414. The summed E-state index contributed by atoms with van der Waals surface area (Å²) in [6, 6.07) is 0. The van der Waals surface area contributed by atoms with Gasteiger partial charge in [0.2, 0.25) is 0 Å². The topological polar surface area (TPSA) is 27.6 Å². The molecule has 0 aliphatic carbocycles. The zero-order chi connectivity index (χ0) is 14.6. The molecule has 18 heavy (non-hydrogen) atoms. The average Bonchev–Trinajstić information content (AvgIpc) is 2.42. The van der Waals surface area contributed by atoms with E-state index in [1.165, 1.54) is 0 Å². The quantitative estimate of drug-likeness (QED) is 0.556.